The van der Waals surface area contributed by atoms with Crippen LogP contribution in [0.2, 0.25) is 0 Å². The molecule has 0 spiro atoms. The number of carbonyl (C=O) groups excluding carboxylic acids is 3. The molecule has 3 amide bonds. The molecule has 0 aromatic rings. The molecule has 3 rings (SSSR count). The molecule has 3 aliphatic rings. The molecule has 11 heteroatoms. The average molecular weight is 340 g/mol. The normalized spacial score (nSPS) is 27.3. The number of carboxylic acids is 1. The summed E-state index contributed by atoms with van der Waals surface area (Å²) in [5.74, 6) is -7.22. The molecular weight excluding hydrogens is 324 g/mol. The van der Waals surface area contributed by atoms with E-state index < -0.39 is 40.9 Å². The molecule has 0 aromatic carbocycles. The Morgan fingerprint density at radius 2 is 1.71 bits per heavy atom. The van der Waals surface area contributed by atoms with Crippen molar-refractivity contribution in [3.05, 3.63) is 0 Å². The number of aliphatic carboxylic acids is 1. The Hall–Kier alpha value is -2.53. The predicted molar refractivity (Wildman–Crippen MR) is 74.9 cm³/mol. The van der Waals surface area contributed by atoms with Crippen LogP contribution in [-0.4, -0.2) is 73.1 Å². The smallest absolute Gasteiger partial charge is 0.330 e. The minimum absolute atomic E-state index is 0.111. The molecule has 3 heterocycles. The van der Waals surface area contributed by atoms with Crippen molar-refractivity contribution in [3.63, 3.8) is 0 Å². The van der Waals surface area contributed by atoms with Crippen molar-refractivity contribution in [3.8, 4) is 0 Å². The summed E-state index contributed by atoms with van der Waals surface area (Å²) in [6, 6.07) is 0. The van der Waals surface area contributed by atoms with E-state index in [1.165, 1.54) is 0 Å². The summed E-state index contributed by atoms with van der Waals surface area (Å²) < 4.78 is 9.90. The number of imide groups is 1. The topological polar surface area (TPSA) is 174 Å². The van der Waals surface area contributed by atoms with Gasteiger partial charge in [-0.25, -0.2) is 0 Å². The summed E-state index contributed by atoms with van der Waals surface area (Å²) in [4.78, 5) is 47.9. The van der Waals surface area contributed by atoms with Gasteiger partial charge in [0.25, 0.3) is 11.8 Å². The fraction of sp³-hybridized carbons (Fsp3) is 0.615. The van der Waals surface area contributed by atoms with Crippen molar-refractivity contribution in [2.24, 2.45) is 11.3 Å². The van der Waals surface area contributed by atoms with Gasteiger partial charge in [0.05, 0.1) is 25.4 Å². The first-order chi connectivity index (χ1) is 11.4. The average Bonchev–Trinajstić information content (AvgIpc) is 3.41. The van der Waals surface area contributed by atoms with E-state index in [4.69, 9.17) is 14.9 Å². The van der Waals surface area contributed by atoms with Crippen LogP contribution >= 0.6 is 0 Å². The molecule has 0 aromatic heterocycles. The Morgan fingerprint density at radius 3 is 2.12 bits per heavy atom. The molecule has 0 saturated carbocycles. The van der Waals surface area contributed by atoms with Gasteiger partial charge in [-0.15, -0.1) is 0 Å². The van der Waals surface area contributed by atoms with Crippen molar-refractivity contribution >= 4 is 29.5 Å². The second-order valence-electron chi connectivity index (χ2n) is 5.78. The van der Waals surface area contributed by atoms with Gasteiger partial charge >= 0.3 is 5.97 Å². The van der Waals surface area contributed by atoms with Gasteiger partial charge in [0.2, 0.25) is 11.3 Å². The lowest BCUT2D eigenvalue weighted by Crippen LogP contribution is -2.74. The molecule has 24 heavy (non-hydrogen) atoms. The summed E-state index contributed by atoms with van der Waals surface area (Å²) in [6.07, 6.45) is -0.316. The van der Waals surface area contributed by atoms with Gasteiger partial charge in [-0.2, -0.15) is 0 Å². The Bertz CT molecular complexity index is 570. The number of rotatable bonds is 8. The fourth-order valence-electron chi connectivity index (χ4n) is 2.48. The zero-order valence-corrected chi connectivity index (χ0v) is 12.5. The van der Waals surface area contributed by atoms with Crippen molar-refractivity contribution in [1.82, 2.24) is 16.0 Å². The number of hydrogen-bond acceptors (Lipinski definition) is 7. The maximum Gasteiger partial charge on any atom is 0.330 e. The van der Waals surface area contributed by atoms with Gasteiger partial charge in [-0.1, -0.05) is 0 Å². The van der Waals surface area contributed by atoms with Crippen LogP contribution in [0, 0.1) is 16.7 Å². The number of β-lactam (4-membered cyclic amide) rings is 2. The quantitative estimate of drug-likeness (QED) is 0.101. The Balaban J connectivity index is 1.82. The highest BCUT2D eigenvalue weighted by atomic mass is 16.6. The van der Waals surface area contributed by atoms with Crippen LogP contribution in [0.15, 0.2) is 0 Å². The molecule has 3 atom stereocenters. The van der Waals surface area contributed by atoms with E-state index in [1.54, 1.807) is 0 Å². The largest absolute Gasteiger partial charge is 0.480 e. The van der Waals surface area contributed by atoms with E-state index in [1.807, 2.05) is 5.32 Å². The zero-order valence-electron chi connectivity index (χ0n) is 12.5. The third-order valence-corrected chi connectivity index (χ3v) is 4.09. The number of ether oxygens (including phenoxy) is 2. The number of amidine groups is 1. The summed E-state index contributed by atoms with van der Waals surface area (Å²) in [6.45, 7) is 1.24. The molecule has 3 unspecified atom stereocenters. The third-order valence-electron chi connectivity index (χ3n) is 4.09. The van der Waals surface area contributed by atoms with Crippen molar-refractivity contribution in [2.45, 2.75) is 12.2 Å². The number of carboxylic acid groups (broad SMARTS) is 1. The number of amides is 3. The van der Waals surface area contributed by atoms with Crippen LogP contribution in [0.3, 0.4) is 0 Å². The highest BCUT2D eigenvalue weighted by molar-refractivity contribution is 6.37. The van der Waals surface area contributed by atoms with Gasteiger partial charge < -0.3 is 25.2 Å². The first-order valence-electron chi connectivity index (χ1n) is 7.29. The molecule has 3 aliphatic heterocycles. The van der Waals surface area contributed by atoms with E-state index >= 15 is 0 Å². The zero-order chi connectivity index (χ0) is 17.5. The number of epoxide rings is 2. The van der Waals surface area contributed by atoms with Gasteiger partial charge in [0.15, 0.2) is 0 Å². The monoisotopic (exact) mass is 340 g/mol. The number of nitrogens with one attached hydrogen (secondary N) is 4. The maximum atomic E-state index is 12.4. The third kappa shape index (κ3) is 2.71. The minimum atomic E-state index is -2.64. The molecule has 0 aliphatic carbocycles. The number of hydrogen-bond donors (Lipinski definition) is 5. The summed E-state index contributed by atoms with van der Waals surface area (Å²) in [5.41, 5.74) is -2.64. The Kier molecular flexibility index (Phi) is 3.97. The molecule has 0 bridgehead atoms. The van der Waals surface area contributed by atoms with Crippen molar-refractivity contribution < 1.29 is 33.8 Å². The van der Waals surface area contributed by atoms with Crippen LogP contribution in [0.25, 0.3) is 0 Å². The second kappa shape index (κ2) is 5.83. The molecule has 5 N–H and O–H groups in total. The first kappa shape index (κ1) is 16.3. The second-order valence-corrected chi connectivity index (χ2v) is 5.78. The lowest BCUT2D eigenvalue weighted by Gasteiger charge is -2.39. The lowest BCUT2D eigenvalue weighted by molar-refractivity contribution is -0.175. The number of carbonyl (C=O) groups is 4. The van der Waals surface area contributed by atoms with Crippen molar-refractivity contribution in [2.75, 3.05) is 26.3 Å². The van der Waals surface area contributed by atoms with E-state index in [-0.39, 0.29) is 25.3 Å². The summed E-state index contributed by atoms with van der Waals surface area (Å²) in [5, 5.41) is 24.3. The molecule has 11 nitrogen and oxygen atoms in total. The van der Waals surface area contributed by atoms with Crippen LogP contribution in [0.5, 0.6) is 0 Å². The SMILES string of the molecule is N=C(NCC1CO1)C(C(=O)NCC1CO1)C1(C(=O)O)C(=O)NC1=O. The fourth-order valence-corrected chi connectivity index (χ4v) is 2.48. The van der Waals surface area contributed by atoms with E-state index in [0.29, 0.717) is 13.2 Å². The summed E-state index contributed by atoms with van der Waals surface area (Å²) >= 11 is 0. The van der Waals surface area contributed by atoms with Gasteiger partial charge in [0.1, 0.15) is 11.8 Å². The van der Waals surface area contributed by atoms with Crippen LogP contribution in [-0.2, 0) is 28.7 Å². The molecule has 130 valence electrons. The van der Waals surface area contributed by atoms with E-state index in [0.717, 1.165) is 0 Å². The van der Waals surface area contributed by atoms with Crippen LogP contribution in [0.1, 0.15) is 0 Å². The van der Waals surface area contributed by atoms with Crippen LogP contribution in [0.4, 0.5) is 0 Å². The van der Waals surface area contributed by atoms with Crippen molar-refractivity contribution in [1.29, 1.82) is 5.41 Å². The van der Waals surface area contributed by atoms with Gasteiger partial charge in [0, 0.05) is 13.1 Å². The maximum absolute atomic E-state index is 12.4. The highest BCUT2D eigenvalue weighted by Crippen LogP contribution is 2.36. The minimum Gasteiger partial charge on any atom is -0.480 e. The van der Waals surface area contributed by atoms with E-state index in [9.17, 15) is 24.3 Å². The lowest BCUT2D eigenvalue weighted by atomic mass is 9.67. The van der Waals surface area contributed by atoms with Gasteiger partial charge in [-0.3, -0.25) is 29.9 Å². The highest BCUT2D eigenvalue weighted by Gasteiger charge is 2.69. The molecular formula is C13H16N4O7. The predicted octanol–water partition coefficient (Wildman–Crippen LogP) is -3.19. The molecule has 3 fully saturated rings. The van der Waals surface area contributed by atoms with E-state index in [2.05, 4.69) is 10.6 Å². The van der Waals surface area contributed by atoms with Gasteiger partial charge in [-0.05, 0) is 0 Å². The molecule has 0 radical (unpaired) electrons. The Morgan fingerprint density at radius 1 is 1.21 bits per heavy atom. The van der Waals surface area contributed by atoms with Crippen LogP contribution < -0.4 is 16.0 Å². The first-order valence-corrected chi connectivity index (χ1v) is 7.29. The Labute approximate surface area is 135 Å². The standard InChI is InChI=1S/C13H16N4O7/c14-8(15-1-5-3-23-5)7(9(18)16-2-6-4-24-6)13(12(21)22)10(19)17-11(13)20/h5-7H,1-4H2,(H2,14,15)(H,16,18)(H,21,22)(H,17,19,20). The summed E-state index contributed by atoms with van der Waals surface area (Å²) in [7, 11) is 0. The molecule has 3 saturated heterocycles.